The number of carbonyl (C=O) groups is 2. The minimum absolute atomic E-state index is 0.103. The molecule has 0 amide bonds. The van der Waals surface area contributed by atoms with Crippen LogP contribution in [-0.4, -0.2) is 18.9 Å². The third kappa shape index (κ3) is 2.09. The summed E-state index contributed by atoms with van der Waals surface area (Å²) >= 11 is 0. The highest BCUT2D eigenvalue weighted by Crippen LogP contribution is 2.27. The van der Waals surface area contributed by atoms with Crippen molar-refractivity contribution in [3.8, 4) is 0 Å². The Bertz CT molecular complexity index is 499. The van der Waals surface area contributed by atoms with Crippen molar-refractivity contribution in [3.05, 3.63) is 33.4 Å². The van der Waals surface area contributed by atoms with Gasteiger partial charge in [-0.25, -0.2) is 4.79 Å². The van der Waals surface area contributed by atoms with Gasteiger partial charge in [0.25, 0.3) is 0 Å². The first kappa shape index (κ1) is 13.4. The summed E-state index contributed by atoms with van der Waals surface area (Å²) in [7, 11) is 1.33. The Morgan fingerprint density at radius 3 is 1.59 bits per heavy atom. The van der Waals surface area contributed by atoms with E-state index in [0.29, 0.717) is 11.1 Å². The predicted molar refractivity (Wildman–Crippen MR) is 66.7 cm³/mol. The number of hydrogen-bond donors (Lipinski definition) is 0. The highest BCUT2D eigenvalue weighted by molar-refractivity contribution is 6.07. The maximum Gasteiger partial charge on any atom is 0.338 e. The fraction of sp³-hybridized carbons (Fsp3) is 0.429. The molecule has 0 atom stereocenters. The van der Waals surface area contributed by atoms with Gasteiger partial charge in [0.2, 0.25) is 0 Å². The van der Waals surface area contributed by atoms with Crippen molar-refractivity contribution in [1.29, 1.82) is 0 Å². The third-order valence-corrected chi connectivity index (χ3v) is 3.43. The summed E-state index contributed by atoms with van der Waals surface area (Å²) in [5, 5.41) is 0. The number of ether oxygens (including phenoxy) is 1. The molecule has 0 saturated heterocycles. The van der Waals surface area contributed by atoms with Crippen LogP contribution in [0.4, 0.5) is 0 Å². The molecule has 3 nitrogen and oxygen atoms in total. The fourth-order valence-electron chi connectivity index (χ4n) is 2.11. The van der Waals surface area contributed by atoms with E-state index in [1.165, 1.54) is 14.0 Å². The average Bonchev–Trinajstić information content (AvgIpc) is 2.29. The van der Waals surface area contributed by atoms with Crippen LogP contribution >= 0.6 is 0 Å². The molecule has 1 aromatic carbocycles. The van der Waals surface area contributed by atoms with E-state index in [-0.39, 0.29) is 5.78 Å². The second kappa shape index (κ2) is 4.70. The molecule has 1 aromatic rings. The molecular weight excluding hydrogens is 216 g/mol. The van der Waals surface area contributed by atoms with E-state index in [0.717, 1.165) is 22.3 Å². The lowest BCUT2D eigenvalue weighted by Crippen LogP contribution is -2.15. The van der Waals surface area contributed by atoms with Crippen LogP contribution in [0.5, 0.6) is 0 Å². The molecule has 0 aliphatic rings. The summed E-state index contributed by atoms with van der Waals surface area (Å²) in [5.74, 6) is -0.548. The number of benzene rings is 1. The van der Waals surface area contributed by atoms with Crippen molar-refractivity contribution >= 4 is 11.8 Å². The van der Waals surface area contributed by atoms with Gasteiger partial charge in [0.05, 0.1) is 12.7 Å². The van der Waals surface area contributed by atoms with Gasteiger partial charge in [0, 0.05) is 5.56 Å². The highest BCUT2D eigenvalue weighted by Gasteiger charge is 2.23. The molecule has 92 valence electrons. The molecule has 0 saturated carbocycles. The van der Waals surface area contributed by atoms with Gasteiger partial charge >= 0.3 is 5.97 Å². The van der Waals surface area contributed by atoms with E-state index in [4.69, 9.17) is 4.74 Å². The van der Waals surface area contributed by atoms with E-state index in [1.807, 2.05) is 27.7 Å². The van der Waals surface area contributed by atoms with E-state index in [2.05, 4.69) is 0 Å². The smallest absolute Gasteiger partial charge is 0.338 e. The average molecular weight is 234 g/mol. The van der Waals surface area contributed by atoms with E-state index < -0.39 is 5.97 Å². The molecule has 0 radical (unpaired) electrons. The normalized spacial score (nSPS) is 10.2. The molecule has 0 spiro atoms. The molecule has 0 N–H and O–H groups in total. The van der Waals surface area contributed by atoms with Crippen LogP contribution in [0.25, 0.3) is 0 Å². The fourth-order valence-corrected chi connectivity index (χ4v) is 2.11. The topological polar surface area (TPSA) is 43.4 Å². The number of rotatable bonds is 2. The van der Waals surface area contributed by atoms with Crippen molar-refractivity contribution in [1.82, 2.24) is 0 Å². The third-order valence-electron chi connectivity index (χ3n) is 3.43. The Morgan fingerprint density at radius 1 is 0.824 bits per heavy atom. The van der Waals surface area contributed by atoms with Gasteiger partial charge in [0.15, 0.2) is 5.78 Å². The first-order chi connectivity index (χ1) is 7.82. The summed E-state index contributed by atoms with van der Waals surface area (Å²) in [6.07, 6.45) is 0. The molecule has 0 bridgehead atoms. The predicted octanol–water partition coefficient (Wildman–Crippen LogP) is 2.91. The zero-order valence-corrected chi connectivity index (χ0v) is 11.2. The minimum atomic E-state index is -0.445. The Morgan fingerprint density at radius 2 is 1.24 bits per heavy atom. The first-order valence-corrected chi connectivity index (χ1v) is 5.52. The van der Waals surface area contributed by atoms with Crippen molar-refractivity contribution < 1.29 is 14.3 Å². The largest absolute Gasteiger partial charge is 0.465 e. The lowest BCUT2D eigenvalue weighted by molar-refractivity contribution is 0.0596. The second-order valence-electron chi connectivity index (χ2n) is 4.30. The number of esters is 1. The van der Waals surface area contributed by atoms with Crippen LogP contribution in [0.1, 0.15) is 49.9 Å². The molecule has 0 fully saturated rings. The first-order valence-electron chi connectivity index (χ1n) is 5.52. The molecule has 0 aliphatic heterocycles. The maximum atomic E-state index is 11.8. The SMILES string of the molecule is COC(=O)c1c(C)c(C)c(C)c(C)c1C(C)=O. The molecule has 3 heteroatoms. The number of Topliss-reactive ketones (excluding diaryl/α,β-unsaturated/α-hetero) is 1. The molecule has 17 heavy (non-hydrogen) atoms. The molecule has 0 aliphatic carbocycles. The van der Waals surface area contributed by atoms with Crippen LogP contribution in [0.3, 0.4) is 0 Å². The highest BCUT2D eigenvalue weighted by atomic mass is 16.5. The Hall–Kier alpha value is -1.64. The molecule has 0 heterocycles. The Balaban J connectivity index is 3.78. The second-order valence-corrected chi connectivity index (χ2v) is 4.30. The standard InChI is InChI=1S/C14H18O3/c1-7-8(2)10(4)13(14(16)17-6)12(9(7)3)11(5)15/h1-6H3. The number of carbonyl (C=O) groups excluding carboxylic acids is 2. The van der Waals surface area contributed by atoms with Gasteiger partial charge in [-0.05, 0) is 56.9 Å². The van der Waals surface area contributed by atoms with Gasteiger partial charge in [-0.1, -0.05) is 0 Å². The minimum Gasteiger partial charge on any atom is -0.465 e. The monoisotopic (exact) mass is 234 g/mol. The van der Waals surface area contributed by atoms with Crippen LogP contribution < -0.4 is 0 Å². The van der Waals surface area contributed by atoms with E-state index in [9.17, 15) is 9.59 Å². The zero-order chi connectivity index (χ0) is 13.3. The summed E-state index contributed by atoms with van der Waals surface area (Å²) in [5.41, 5.74) is 4.66. The van der Waals surface area contributed by atoms with Gasteiger partial charge < -0.3 is 4.74 Å². The zero-order valence-electron chi connectivity index (χ0n) is 11.2. The summed E-state index contributed by atoms with van der Waals surface area (Å²) in [6.45, 7) is 9.10. The van der Waals surface area contributed by atoms with Gasteiger partial charge in [-0.3, -0.25) is 4.79 Å². The van der Waals surface area contributed by atoms with E-state index in [1.54, 1.807) is 0 Å². The summed E-state index contributed by atoms with van der Waals surface area (Å²) in [4.78, 5) is 23.5. The summed E-state index contributed by atoms with van der Waals surface area (Å²) in [6, 6.07) is 0. The summed E-state index contributed by atoms with van der Waals surface area (Å²) < 4.78 is 4.77. The van der Waals surface area contributed by atoms with Crippen LogP contribution in [0, 0.1) is 27.7 Å². The maximum absolute atomic E-state index is 11.8. The van der Waals surface area contributed by atoms with Crippen LogP contribution in [0.2, 0.25) is 0 Å². The van der Waals surface area contributed by atoms with Crippen molar-refractivity contribution in [3.63, 3.8) is 0 Å². The molecule has 0 aromatic heterocycles. The molecule has 1 rings (SSSR count). The Kier molecular flexibility index (Phi) is 3.71. The number of methoxy groups -OCH3 is 1. The van der Waals surface area contributed by atoms with Gasteiger partial charge in [-0.2, -0.15) is 0 Å². The van der Waals surface area contributed by atoms with Crippen molar-refractivity contribution in [2.75, 3.05) is 7.11 Å². The van der Waals surface area contributed by atoms with Crippen molar-refractivity contribution in [2.24, 2.45) is 0 Å². The van der Waals surface area contributed by atoms with Gasteiger partial charge in [-0.15, -0.1) is 0 Å². The van der Waals surface area contributed by atoms with Gasteiger partial charge in [0.1, 0.15) is 0 Å². The molecule has 0 unspecified atom stereocenters. The Labute approximate surface area is 102 Å². The van der Waals surface area contributed by atoms with Crippen LogP contribution in [-0.2, 0) is 4.74 Å². The number of hydrogen-bond acceptors (Lipinski definition) is 3. The van der Waals surface area contributed by atoms with Crippen molar-refractivity contribution in [2.45, 2.75) is 34.6 Å². The lowest BCUT2D eigenvalue weighted by atomic mass is 9.87. The molecular formula is C14H18O3. The quantitative estimate of drug-likeness (QED) is 0.583. The van der Waals surface area contributed by atoms with E-state index >= 15 is 0 Å². The number of ketones is 1. The lowest BCUT2D eigenvalue weighted by Gasteiger charge is -2.17. The van der Waals surface area contributed by atoms with Crippen LogP contribution in [0.15, 0.2) is 0 Å².